The first-order valence-electron chi connectivity index (χ1n) is 6.83. The number of fused-ring (bicyclic) bond motifs is 5. The molecule has 0 aliphatic heterocycles. The minimum absolute atomic E-state index is 0.150. The van der Waals surface area contributed by atoms with Crippen molar-refractivity contribution in [1.29, 1.82) is 5.26 Å². The highest BCUT2D eigenvalue weighted by molar-refractivity contribution is 5.83. The Hall–Kier alpha value is -1.04. The van der Waals surface area contributed by atoms with Gasteiger partial charge in [0, 0.05) is 5.92 Å². The molecule has 3 nitrogen and oxygen atoms in total. The van der Waals surface area contributed by atoms with E-state index in [4.69, 9.17) is 5.26 Å². The number of nitriles is 1. The SMILES string of the molecule is CC(C)C(C#N)NC(=O)C1C2C3CCC(C3)C12. The van der Waals surface area contributed by atoms with Gasteiger partial charge in [-0.15, -0.1) is 0 Å². The number of carbonyl (C=O) groups is 1. The van der Waals surface area contributed by atoms with Gasteiger partial charge in [0.05, 0.1) is 6.07 Å². The van der Waals surface area contributed by atoms with Crippen LogP contribution in [0.4, 0.5) is 0 Å². The van der Waals surface area contributed by atoms with Gasteiger partial charge in [0.2, 0.25) is 5.91 Å². The van der Waals surface area contributed by atoms with E-state index in [1.54, 1.807) is 0 Å². The highest BCUT2D eigenvalue weighted by atomic mass is 16.2. The molecule has 2 bridgehead atoms. The predicted molar refractivity (Wildman–Crippen MR) is 63.7 cm³/mol. The van der Waals surface area contributed by atoms with Crippen molar-refractivity contribution < 1.29 is 4.79 Å². The van der Waals surface area contributed by atoms with Crippen molar-refractivity contribution >= 4 is 5.91 Å². The lowest BCUT2D eigenvalue weighted by Crippen LogP contribution is -2.39. The summed E-state index contributed by atoms with van der Waals surface area (Å²) in [7, 11) is 0. The normalized spacial score (nSPS) is 43.1. The molecule has 5 atom stereocenters. The van der Waals surface area contributed by atoms with Gasteiger partial charge in [-0.3, -0.25) is 4.79 Å². The maximum absolute atomic E-state index is 12.1. The van der Waals surface area contributed by atoms with Gasteiger partial charge in [0.25, 0.3) is 0 Å². The Morgan fingerprint density at radius 2 is 1.88 bits per heavy atom. The van der Waals surface area contributed by atoms with Gasteiger partial charge in [-0.1, -0.05) is 13.8 Å². The van der Waals surface area contributed by atoms with E-state index in [9.17, 15) is 4.79 Å². The highest BCUT2D eigenvalue weighted by Gasteiger charge is 2.67. The summed E-state index contributed by atoms with van der Waals surface area (Å²) in [5.74, 6) is 3.56. The summed E-state index contributed by atoms with van der Waals surface area (Å²) >= 11 is 0. The van der Waals surface area contributed by atoms with E-state index in [1.165, 1.54) is 19.3 Å². The molecule has 0 saturated heterocycles. The minimum Gasteiger partial charge on any atom is -0.340 e. The Bertz CT molecular complexity index is 368. The molecule has 0 aromatic carbocycles. The van der Waals surface area contributed by atoms with Gasteiger partial charge in [-0.2, -0.15) is 5.26 Å². The summed E-state index contributed by atoms with van der Waals surface area (Å²) in [6.45, 7) is 3.96. The monoisotopic (exact) mass is 232 g/mol. The fraction of sp³-hybridized carbons (Fsp3) is 0.857. The van der Waals surface area contributed by atoms with Crippen molar-refractivity contribution in [3.8, 4) is 6.07 Å². The largest absolute Gasteiger partial charge is 0.340 e. The summed E-state index contributed by atoms with van der Waals surface area (Å²) in [6.07, 6.45) is 4.04. The average Bonchev–Trinajstić information content (AvgIpc) is 2.75. The number of amides is 1. The van der Waals surface area contributed by atoms with Crippen molar-refractivity contribution in [2.45, 2.75) is 39.2 Å². The Kier molecular flexibility index (Phi) is 2.43. The lowest BCUT2D eigenvalue weighted by Gasteiger charge is -2.16. The Morgan fingerprint density at radius 1 is 1.29 bits per heavy atom. The van der Waals surface area contributed by atoms with E-state index >= 15 is 0 Å². The van der Waals surface area contributed by atoms with Crippen LogP contribution >= 0.6 is 0 Å². The summed E-state index contributed by atoms with van der Waals surface area (Å²) in [5.41, 5.74) is 0. The van der Waals surface area contributed by atoms with Crippen molar-refractivity contribution in [1.82, 2.24) is 5.32 Å². The maximum atomic E-state index is 12.1. The standard InChI is InChI=1S/C14H20N2O/c1-7(2)10(6-15)16-14(17)13-11-8-3-4-9(5-8)12(11)13/h7-13H,3-5H2,1-2H3,(H,16,17). The third-order valence-electron chi connectivity index (χ3n) is 5.14. The third-order valence-corrected chi connectivity index (χ3v) is 5.14. The molecule has 0 aromatic heterocycles. The van der Waals surface area contributed by atoms with Gasteiger partial charge < -0.3 is 5.32 Å². The first kappa shape index (κ1) is 11.1. The molecule has 0 radical (unpaired) electrons. The van der Waals surface area contributed by atoms with Crippen LogP contribution in [0.2, 0.25) is 0 Å². The fourth-order valence-corrected chi connectivity index (χ4v) is 4.27. The zero-order valence-electron chi connectivity index (χ0n) is 10.5. The first-order chi connectivity index (χ1) is 8.13. The van der Waals surface area contributed by atoms with Crippen LogP contribution in [0, 0.1) is 46.8 Å². The number of hydrogen-bond acceptors (Lipinski definition) is 2. The van der Waals surface area contributed by atoms with E-state index in [0.29, 0.717) is 11.8 Å². The van der Waals surface area contributed by atoms with E-state index in [1.807, 2.05) is 13.8 Å². The minimum atomic E-state index is -0.318. The molecule has 5 unspecified atom stereocenters. The van der Waals surface area contributed by atoms with Crippen molar-refractivity contribution in [3.05, 3.63) is 0 Å². The molecule has 3 aliphatic carbocycles. The highest BCUT2D eigenvalue weighted by Crippen LogP contribution is 2.69. The quantitative estimate of drug-likeness (QED) is 0.808. The second kappa shape index (κ2) is 3.73. The fourth-order valence-electron chi connectivity index (χ4n) is 4.27. The lowest BCUT2D eigenvalue weighted by atomic mass is 10.0. The number of carbonyl (C=O) groups excluding carboxylic acids is 1. The molecule has 3 fully saturated rings. The molecule has 92 valence electrons. The molecule has 0 aromatic rings. The molecule has 1 N–H and O–H groups in total. The third kappa shape index (κ3) is 1.57. The first-order valence-corrected chi connectivity index (χ1v) is 6.83. The van der Waals surface area contributed by atoms with Gasteiger partial charge >= 0.3 is 0 Å². The van der Waals surface area contributed by atoms with Crippen LogP contribution in [-0.4, -0.2) is 11.9 Å². The average molecular weight is 232 g/mol. The zero-order valence-corrected chi connectivity index (χ0v) is 10.5. The molecule has 0 heterocycles. The van der Waals surface area contributed by atoms with Crippen molar-refractivity contribution in [2.24, 2.45) is 35.5 Å². The van der Waals surface area contributed by atoms with Crippen LogP contribution in [0.1, 0.15) is 33.1 Å². The van der Waals surface area contributed by atoms with Crippen LogP contribution in [0.3, 0.4) is 0 Å². The van der Waals surface area contributed by atoms with Crippen LogP contribution in [0.15, 0.2) is 0 Å². The molecule has 3 aliphatic rings. The number of hydrogen-bond donors (Lipinski definition) is 1. The van der Waals surface area contributed by atoms with E-state index in [2.05, 4.69) is 11.4 Å². The molecule has 1 amide bonds. The van der Waals surface area contributed by atoms with Gasteiger partial charge in [-0.25, -0.2) is 0 Å². The van der Waals surface area contributed by atoms with Crippen LogP contribution in [0.25, 0.3) is 0 Å². The van der Waals surface area contributed by atoms with Crippen LogP contribution in [0.5, 0.6) is 0 Å². The number of rotatable bonds is 3. The molecule has 3 heteroatoms. The number of nitrogens with zero attached hydrogens (tertiary/aromatic N) is 1. The van der Waals surface area contributed by atoms with E-state index in [0.717, 1.165) is 11.8 Å². The van der Waals surface area contributed by atoms with Gasteiger partial charge in [0.1, 0.15) is 6.04 Å². The second-order valence-corrected chi connectivity index (χ2v) is 6.37. The van der Waals surface area contributed by atoms with Crippen molar-refractivity contribution in [2.75, 3.05) is 0 Å². The molecule has 3 rings (SSSR count). The Labute approximate surface area is 103 Å². The Balaban J connectivity index is 1.61. The smallest absolute Gasteiger partial charge is 0.224 e. The summed E-state index contributed by atoms with van der Waals surface area (Å²) in [6, 6.07) is 1.87. The lowest BCUT2D eigenvalue weighted by molar-refractivity contribution is -0.123. The maximum Gasteiger partial charge on any atom is 0.224 e. The molecule has 17 heavy (non-hydrogen) atoms. The van der Waals surface area contributed by atoms with Crippen molar-refractivity contribution in [3.63, 3.8) is 0 Å². The van der Waals surface area contributed by atoms with E-state index in [-0.39, 0.29) is 23.8 Å². The molecular weight excluding hydrogens is 212 g/mol. The molecule has 3 saturated carbocycles. The van der Waals surface area contributed by atoms with Gasteiger partial charge in [-0.05, 0) is 48.9 Å². The van der Waals surface area contributed by atoms with Gasteiger partial charge in [0.15, 0.2) is 0 Å². The zero-order chi connectivity index (χ0) is 12.2. The summed E-state index contributed by atoms with van der Waals surface area (Å²) in [4.78, 5) is 12.1. The predicted octanol–water partition coefficient (Wildman–Crippen LogP) is 1.94. The topological polar surface area (TPSA) is 52.9 Å². The number of nitrogens with one attached hydrogen (secondary N) is 1. The summed E-state index contributed by atoms with van der Waals surface area (Å²) < 4.78 is 0. The van der Waals surface area contributed by atoms with Crippen LogP contribution < -0.4 is 5.32 Å². The molecular formula is C14H20N2O. The van der Waals surface area contributed by atoms with E-state index < -0.39 is 0 Å². The Morgan fingerprint density at radius 3 is 2.35 bits per heavy atom. The second-order valence-electron chi connectivity index (χ2n) is 6.37. The van der Waals surface area contributed by atoms with Crippen LogP contribution in [-0.2, 0) is 4.79 Å². The molecule has 0 spiro atoms. The summed E-state index contributed by atoms with van der Waals surface area (Å²) in [5, 5.41) is 11.9.